The number of pyridine rings is 1. The molecule has 7 nitrogen and oxygen atoms in total. The van der Waals surface area contributed by atoms with Gasteiger partial charge in [-0.2, -0.15) is 0 Å². The smallest absolute Gasteiger partial charge is 0.147 e. The number of phenolic OH excluding ortho intramolecular Hbond substituents is 1. The highest BCUT2D eigenvalue weighted by Gasteiger charge is 2.24. The number of morpholine rings is 2. The average Bonchev–Trinajstić information content (AvgIpc) is 2.71. The lowest BCUT2D eigenvalue weighted by Crippen LogP contribution is -2.42. The Morgan fingerprint density at radius 2 is 1.81 bits per heavy atom. The maximum atomic E-state index is 10.8. The van der Waals surface area contributed by atoms with Gasteiger partial charge in [0.15, 0.2) is 0 Å². The highest BCUT2D eigenvalue weighted by molar-refractivity contribution is 5.88. The van der Waals surface area contributed by atoms with Crippen molar-refractivity contribution in [1.29, 1.82) is 0 Å². The van der Waals surface area contributed by atoms with Gasteiger partial charge in [0.25, 0.3) is 0 Å². The summed E-state index contributed by atoms with van der Waals surface area (Å²) in [5, 5.41) is 11.8. The van der Waals surface area contributed by atoms with Crippen LogP contribution in [0.3, 0.4) is 0 Å². The predicted molar refractivity (Wildman–Crippen MR) is 98.8 cm³/mol. The van der Waals surface area contributed by atoms with E-state index in [1.54, 1.807) is 6.20 Å². The molecule has 3 N–H and O–H groups in total. The minimum atomic E-state index is -0.367. The molecule has 0 amide bonds. The third kappa shape index (κ3) is 3.54. The Kier molecular flexibility index (Phi) is 5.33. The largest absolute Gasteiger partial charge is 0.505 e. The van der Waals surface area contributed by atoms with Crippen LogP contribution < -0.4 is 5.73 Å². The second-order valence-electron chi connectivity index (χ2n) is 6.85. The molecule has 2 saturated heterocycles. The SMILES string of the molecule is NC(c1cc(CN2CCOCC2)c2cccnc2c1O)N1CCOCC1. The van der Waals surface area contributed by atoms with Gasteiger partial charge in [0.1, 0.15) is 11.3 Å². The Morgan fingerprint density at radius 1 is 1.12 bits per heavy atom. The Bertz CT molecular complexity index is 758. The van der Waals surface area contributed by atoms with E-state index >= 15 is 0 Å². The summed E-state index contributed by atoms with van der Waals surface area (Å²) in [5.41, 5.74) is 9.02. The van der Waals surface area contributed by atoms with Crippen LogP contribution in [0.1, 0.15) is 17.3 Å². The number of aromatic nitrogens is 1. The molecule has 2 aliphatic heterocycles. The van der Waals surface area contributed by atoms with Crippen LogP contribution in [0.5, 0.6) is 5.75 Å². The lowest BCUT2D eigenvalue weighted by molar-refractivity contribution is 0.0168. The van der Waals surface area contributed by atoms with Crippen molar-refractivity contribution >= 4 is 10.9 Å². The van der Waals surface area contributed by atoms with Gasteiger partial charge in [-0.25, -0.2) is 0 Å². The number of nitrogens with two attached hydrogens (primary N) is 1. The zero-order valence-electron chi connectivity index (χ0n) is 14.9. The first-order valence-corrected chi connectivity index (χ1v) is 9.21. The standard InChI is InChI=1S/C19H26N4O3/c20-19(23-6-10-26-11-7-23)16-12-14(13-22-4-8-25-9-5-22)15-2-1-3-21-17(15)18(16)24/h1-3,12,19,24H,4-11,13,20H2. The highest BCUT2D eigenvalue weighted by Crippen LogP contribution is 2.35. The zero-order valence-corrected chi connectivity index (χ0v) is 14.9. The molecule has 0 aliphatic carbocycles. The number of hydrogen-bond donors (Lipinski definition) is 2. The van der Waals surface area contributed by atoms with E-state index in [1.165, 1.54) is 0 Å². The first-order chi connectivity index (χ1) is 12.7. The number of fused-ring (bicyclic) bond motifs is 1. The maximum absolute atomic E-state index is 10.8. The van der Waals surface area contributed by atoms with E-state index in [-0.39, 0.29) is 11.9 Å². The molecule has 0 bridgehead atoms. The van der Waals surface area contributed by atoms with Gasteiger partial charge in [-0.05, 0) is 17.7 Å². The van der Waals surface area contributed by atoms with E-state index in [9.17, 15) is 5.11 Å². The topological polar surface area (TPSA) is 84.1 Å². The quantitative estimate of drug-likeness (QED) is 0.845. The van der Waals surface area contributed by atoms with Gasteiger partial charge in [0.2, 0.25) is 0 Å². The fraction of sp³-hybridized carbons (Fsp3) is 0.526. The molecular weight excluding hydrogens is 332 g/mol. The summed E-state index contributed by atoms with van der Waals surface area (Å²) >= 11 is 0. The lowest BCUT2D eigenvalue weighted by atomic mass is 10.00. The van der Waals surface area contributed by atoms with Gasteiger partial charge < -0.3 is 20.3 Å². The summed E-state index contributed by atoms with van der Waals surface area (Å²) in [6.07, 6.45) is 1.35. The van der Waals surface area contributed by atoms with Crippen molar-refractivity contribution in [3.05, 3.63) is 35.5 Å². The summed E-state index contributed by atoms with van der Waals surface area (Å²) in [5.74, 6) is 0.185. The third-order valence-electron chi connectivity index (χ3n) is 5.24. The fourth-order valence-corrected chi connectivity index (χ4v) is 3.73. The summed E-state index contributed by atoms with van der Waals surface area (Å²) < 4.78 is 10.9. The van der Waals surface area contributed by atoms with Crippen molar-refractivity contribution in [2.24, 2.45) is 5.73 Å². The predicted octanol–water partition coefficient (Wildman–Crippen LogP) is 1.06. The molecule has 0 radical (unpaired) electrons. The fourth-order valence-electron chi connectivity index (χ4n) is 3.73. The van der Waals surface area contributed by atoms with Gasteiger partial charge >= 0.3 is 0 Å². The number of nitrogens with zero attached hydrogens (tertiary/aromatic N) is 3. The highest BCUT2D eigenvalue weighted by atomic mass is 16.5. The molecule has 4 rings (SSSR count). The van der Waals surface area contributed by atoms with Crippen LogP contribution >= 0.6 is 0 Å². The number of rotatable bonds is 4. The van der Waals surface area contributed by atoms with Crippen molar-refractivity contribution in [1.82, 2.24) is 14.8 Å². The van der Waals surface area contributed by atoms with Gasteiger partial charge in [0, 0.05) is 49.9 Å². The first kappa shape index (κ1) is 17.6. The Labute approximate surface area is 153 Å². The Hall–Kier alpha value is -1.77. The van der Waals surface area contributed by atoms with Gasteiger partial charge in [-0.15, -0.1) is 0 Å². The van der Waals surface area contributed by atoms with Crippen LogP contribution in [0.15, 0.2) is 24.4 Å². The average molecular weight is 358 g/mol. The van der Waals surface area contributed by atoms with Crippen LogP contribution in [0.4, 0.5) is 0 Å². The van der Waals surface area contributed by atoms with Crippen LogP contribution in [0.2, 0.25) is 0 Å². The van der Waals surface area contributed by atoms with E-state index in [1.807, 2.05) is 12.1 Å². The van der Waals surface area contributed by atoms with Crippen LogP contribution in [-0.4, -0.2) is 72.5 Å². The molecule has 2 aliphatic rings. The summed E-state index contributed by atoms with van der Waals surface area (Å²) in [6.45, 7) is 7.00. The second-order valence-corrected chi connectivity index (χ2v) is 6.85. The molecule has 3 heterocycles. The van der Waals surface area contributed by atoms with E-state index in [0.717, 1.165) is 62.5 Å². The minimum absolute atomic E-state index is 0.185. The van der Waals surface area contributed by atoms with Crippen molar-refractivity contribution in [3.63, 3.8) is 0 Å². The molecular formula is C19H26N4O3. The summed E-state index contributed by atoms with van der Waals surface area (Å²) in [4.78, 5) is 8.94. The number of ether oxygens (including phenoxy) is 2. The molecule has 1 aromatic heterocycles. The van der Waals surface area contributed by atoms with Crippen LogP contribution in [0, 0.1) is 0 Å². The van der Waals surface area contributed by atoms with Crippen molar-refractivity contribution in [2.75, 3.05) is 52.6 Å². The minimum Gasteiger partial charge on any atom is -0.505 e. The van der Waals surface area contributed by atoms with E-state index in [2.05, 4.69) is 20.9 Å². The number of phenols is 1. The summed E-state index contributed by atoms with van der Waals surface area (Å²) in [6, 6.07) is 5.98. The van der Waals surface area contributed by atoms with E-state index in [0.29, 0.717) is 18.7 Å². The first-order valence-electron chi connectivity index (χ1n) is 9.21. The van der Waals surface area contributed by atoms with Crippen molar-refractivity contribution in [3.8, 4) is 5.75 Å². The van der Waals surface area contributed by atoms with E-state index < -0.39 is 0 Å². The molecule has 26 heavy (non-hydrogen) atoms. The molecule has 2 fully saturated rings. The number of hydrogen-bond acceptors (Lipinski definition) is 7. The maximum Gasteiger partial charge on any atom is 0.147 e. The molecule has 0 saturated carbocycles. The molecule has 1 unspecified atom stereocenters. The van der Waals surface area contributed by atoms with Crippen molar-refractivity contribution in [2.45, 2.75) is 12.7 Å². The second kappa shape index (κ2) is 7.85. The molecule has 1 aromatic carbocycles. The molecule has 0 spiro atoms. The van der Waals surface area contributed by atoms with Crippen molar-refractivity contribution < 1.29 is 14.6 Å². The van der Waals surface area contributed by atoms with Gasteiger partial charge in [-0.1, -0.05) is 6.07 Å². The van der Waals surface area contributed by atoms with Gasteiger partial charge in [0.05, 0.1) is 32.6 Å². The van der Waals surface area contributed by atoms with Crippen LogP contribution in [-0.2, 0) is 16.0 Å². The monoisotopic (exact) mass is 358 g/mol. The van der Waals surface area contributed by atoms with E-state index in [4.69, 9.17) is 15.2 Å². The van der Waals surface area contributed by atoms with Crippen LogP contribution in [0.25, 0.3) is 10.9 Å². The number of aromatic hydroxyl groups is 1. The molecule has 2 aromatic rings. The molecule has 140 valence electrons. The summed E-state index contributed by atoms with van der Waals surface area (Å²) in [7, 11) is 0. The Balaban J connectivity index is 1.71. The molecule has 7 heteroatoms. The number of benzene rings is 1. The van der Waals surface area contributed by atoms with Gasteiger partial charge in [-0.3, -0.25) is 14.8 Å². The lowest BCUT2D eigenvalue weighted by Gasteiger charge is -2.33. The third-order valence-corrected chi connectivity index (χ3v) is 5.24. The Morgan fingerprint density at radius 3 is 2.54 bits per heavy atom. The molecule has 1 atom stereocenters. The normalized spacial score (nSPS) is 21.1. The zero-order chi connectivity index (χ0) is 17.9.